The highest BCUT2D eigenvalue weighted by Gasteiger charge is 2.58. The Morgan fingerprint density at radius 1 is 0.248 bits per heavy atom. The number of nitriles is 4. The smallest absolute Gasteiger partial charge is 0.194 e. The molecule has 0 aliphatic heterocycles. The standard InChI is InChI=1S/C140H168N4O2S3/c1-5-9-13-17-21-25-29-33-37-41-45-49-53-57-65-105-73-83-113(84-74-105)139(114-85-75-106(76-86-114)66-58-54-50-46-42-38-34-30-26-22-18-14-10-6-2)127-97-109(129-95-91-117(147-129)99-125-131(111(101-141)102-142)119-69-61-63-71-121(119)135(125)145)81-93-123(127)137-133(139)134-138(149-137)124-94-82-110(130-96-92-118(148-130)100-126-132(112(103-143)104-144)120-70-62-64-72-122(120)136(126)146)98-128(124)140(134,115-87-77-107(78-88-115)67-59-55-51-47-43-39-35-31-27-23-19-15-11-7-3)116-89-79-108(80-90-116)68-60-56-52-48-44-40-36-32-28-24-20-16-12-8-4/h61-64,69-100H,5-60,65-68H2,1-4H3/b125-99-,126-100-. The van der Waals surface area contributed by atoms with Gasteiger partial charge in [-0.3, -0.25) is 9.59 Å². The molecule has 6 nitrogen and oxygen atoms in total. The molecular weight excluding hydrogens is 1870 g/mol. The molecule has 0 bridgehead atoms. The number of ketones is 2. The molecule has 3 aromatic heterocycles. The second-order valence-corrected chi connectivity index (χ2v) is 47.2. The zero-order valence-electron chi connectivity index (χ0n) is 91.0. The van der Waals surface area contributed by atoms with Gasteiger partial charge in [-0.2, -0.15) is 21.0 Å². The fourth-order valence-corrected chi connectivity index (χ4v) is 28.1. The second-order valence-electron chi connectivity index (χ2n) is 43.9. The zero-order valence-corrected chi connectivity index (χ0v) is 93.5. The highest BCUT2D eigenvalue weighted by molar-refractivity contribution is 7.19. The summed E-state index contributed by atoms with van der Waals surface area (Å²) < 4.78 is 0. The van der Waals surface area contributed by atoms with Crippen molar-refractivity contribution in [3.05, 3.63) is 327 Å². The largest absolute Gasteiger partial charge is 0.289 e. The number of Topliss-reactive ketones (excluding diaryl/α,β-unsaturated/α-hetero) is 2. The molecule has 0 fully saturated rings. The number of hydrogen-bond acceptors (Lipinski definition) is 9. The first-order chi connectivity index (χ1) is 73.5. The van der Waals surface area contributed by atoms with Crippen molar-refractivity contribution in [1.29, 1.82) is 21.0 Å². The highest BCUT2D eigenvalue weighted by atomic mass is 32.1. The van der Waals surface area contributed by atoms with Crippen LogP contribution in [0.25, 0.3) is 65.1 Å². The molecule has 149 heavy (non-hydrogen) atoms. The van der Waals surface area contributed by atoms with E-state index in [4.69, 9.17) is 0 Å². The van der Waals surface area contributed by atoms with Crippen LogP contribution in [0, 0.1) is 45.3 Å². The monoisotopic (exact) mass is 2030 g/mol. The summed E-state index contributed by atoms with van der Waals surface area (Å²) >= 11 is 5.25. The number of carbonyl (C=O) groups is 2. The second kappa shape index (κ2) is 59.8. The number of rotatable bonds is 68. The van der Waals surface area contributed by atoms with Crippen LogP contribution < -0.4 is 0 Å². The molecule has 11 aromatic rings. The van der Waals surface area contributed by atoms with Crippen molar-refractivity contribution in [2.45, 2.75) is 424 Å². The number of aryl methyl sites for hydroxylation is 4. The van der Waals surface area contributed by atoms with Crippen molar-refractivity contribution < 1.29 is 9.59 Å². The summed E-state index contributed by atoms with van der Waals surface area (Å²) in [6.45, 7) is 9.23. The third kappa shape index (κ3) is 28.7. The molecule has 0 saturated carbocycles. The Labute approximate surface area is 909 Å². The number of unbranched alkanes of at least 4 members (excludes halogenated alkanes) is 52. The van der Waals surface area contributed by atoms with Gasteiger partial charge in [-0.15, -0.1) is 34.0 Å². The Bertz CT molecular complexity index is 5870. The predicted octanol–water partition coefficient (Wildman–Crippen LogP) is 42.2. The van der Waals surface area contributed by atoms with E-state index in [0.29, 0.717) is 44.5 Å². The molecule has 8 aromatic carbocycles. The van der Waals surface area contributed by atoms with Crippen molar-refractivity contribution in [2.24, 2.45) is 0 Å². The lowest BCUT2D eigenvalue weighted by Crippen LogP contribution is -2.35. The molecule has 0 radical (unpaired) electrons. The van der Waals surface area contributed by atoms with Crippen LogP contribution in [-0.4, -0.2) is 11.6 Å². The van der Waals surface area contributed by atoms with Gasteiger partial charge in [0.25, 0.3) is 0 Å². The van der Waals surface area contributed by atoms with E-state index >= 15 is 0 Å². The molecule has 0 N–H and O–H groups in total. The van der Waals surface area contributed by atoms with E-state index in [2.05, 4.69) is 210 Å². The van der Waals surface area contributed by atoms with Crippen LogP contribution in [0.2, 0.25) is 0 Å². The Balaban J connectivity index is 0.858. The average Bonchev–Trinajstić information content (AvgIpc) is 1.48. The molecule has 4 aliphatic carbocycles. The summed E-state index contributed by atoms with van der Waals surface area (Å²) in [6, 6.07) is 86.8. The van der Waals surface area contributed by atoms with E-state index < -0.39 is 10.8 Å². The quantitative estimate of drug-likeness (QED) is 0.0212. The lowest BCUT2D eigenvalue weighted by molar-refractivity contribution is 0.103. The fraction of sp³-hybridized carbons (Fsp3) is 0.471. The summed E-state index contributed by atoms with van der Waals surface area (Å²) in [5.74, 6) is -0.375. The van der Waals surface area contributed by atoms with Crippen LogP contribution in [0.5, 0.6) is 0 Å². The SMILES string of the molecule is CCCCCCCCCCCCCCCCc1ccc(C2(c3ccc(CCCCCCCCCCCCCCCC)cc3)c3cc(-c4ccc(/C=C5\C(=O)c6ccccc6C5=C(C#N)C#N)s4)ccc3-c3sc4c(c32)C(c2ccc(CCCCCCCCCCCCCCCC)cc2)(c2ccc(CCCCCCCCCCCCCCCC)cc2)c2cc(-c3ccc(/C=C5\C(=O)c6ccccc6C5=C(C#N)C#N)s3)ccc2-4)cc1. The van der Waals surface area contributed by atoms with Gasteiger partial charge in [0.15, 0.2) is 11.6 Å². The van der Waals surface area contributed by atoms with E-state index in [9.17, 15) is 30.6 Å². The van der Waals surface area contributed by atoms with Gasteiger partial charge >= 0.3 is 0 Å². The van der Waals surface area contributed by atoms with Crippen molar-refractivity contribution in [1.82, 2.24) is 0 Å². The highest BCUT2D eigenvalue weighted by Crippen LogP contribution is 2.70. The third-order valence-electron chi connectivity index (χ3n) is 33.1. The zero-order chi connectivity index (χ0) is 103. The summed E-state index contributed by atoms with van der Waals surface area (Å²) in [5.41, 5.74) is 21.9. The molecule has 0 amide bonds. The molecule has 0 spiro atoms. The molecule has 0 unspecified atom stereocenters. The van der Waals surface area contributed by atoms with E-state index in [0.717, 1.165) is 82.0 Å². The Morgan fingerprint density at radius 2 is 0.477 bits per heavy atom. The van der Waals surface area contributed by atoms with Gasteiger partial charge < -0.3 is 0 Å². The van der Waals surface area contributed by atoms with E-state index in [1.807, 2.05) is 59.9 Å². The lowest BCUT2D eigenvalue weighted by Gasteiger charge is -2.40. The molecule has 4 aliphatic rings. The number of carbonyl (C=O) groups excluding carboxylic acids is 2. The molecule has 0 saturated heterocycles. The predicted molar refractivity (Wildman–Crippen MR) is 635 cm³/mol. The van der Waals surface area contributed by atoms with Gasteiger partial charge in [0, 0.05) is 62.7 Å². The molecule has 15 rings (SSSR count). The summed E-state index contributed by atoms with van der Waals surface area (Å²) in [6.07, 6.45) is 82.1. The number of benzene rings is 8. The Hall–Kier alpha value is -10.9. The Morgan fingerprint density at radius 3 is 0.711 bits per heavy atom. The van der Waals surface area contributed by atoms with Crippen LogP contribution in [0.15, 0.2) is 229 Å². The molecule has 3 heterocycles. The normalized spacial score (nSPS) is 13.9. The number of fused-ring (bicyclic) bond motifs is 9. The maximum atomic E-state index is 14.7. The van der Waals surface area contributed by atoms with Crippen molar-refractivity contribution >= 4 is 68.9 Å². The van der Waals surface area contributed by atoms with Gasteiger partial charge in [0.05, 0.1) is 10.8 Å². The minimum absolute atomic E-state index is 0.0722. The first-order valence-corrected chi connectivity index (χ1v) is 61.9. The van der Waals surface area contributed by atoms with Crippen LogP contribution in [-0.2, 0) is 36.5 Å². The minimum Gasteiger partial charge on any atom is -0.289 e. The van der Waals surface area contributed by atoms with Crippen LogP contribution in [0.1, 0.15) is 496 Å². The molecular formula is C140H168N4O2S3. The number of thiophene rings is 3. The first kappa shape index (κ1) is 112. The topological polar surface area (TPSA) is 129 Å². The third-order valence-corrected chi connectivity index (χ3v) is 36.5. The van der Waals surface area contributed by atoms with Gasteiger partial charge in [0.2, 0.25) is 0 Å². The van der Waals surface area contributed by atoms with E-state index in [-0.39, 0.29) is 22.7 Å². The maximum absolute atomic E-state index is 14.7. The molecule has 0 atom stereocenters. The van der Waals surface area contributed by atoms with Gasteiger partial charge in [-0.05, 0) is 200 Å². The summed E-state index contributed by atoms with van der Waals surface area (Å²) in [7, 11) is 0. The van der Waals surface area contributed by atoms with Gasteiger partial charge in [0.1, 0.15) is 35.4 Å². The molecule has 778 valence electrons. The number of nitrogens with zero attached hydrogens (tertiary/aromatic N) is 4. The van der Waals surface area contributed by atoms with Gasteiger partial charge in [-0.1, -0.05) is 531 Å². The summed E-state index contributed by atoms with van der Waals surface area (Å²) in [4.78, 5) is 35.7. The summed E-state index contributed by atoms with van der Waals surface area (Å²) in [5, 5.41) is 42.0. The van der Waals surface area contributed by atoms with Crippen LogP contribution in [0.3, 0.4) is 0 Å². The minimum atomic E-state index is -0.907. The van der Waals surface area contributed by atoms with E-state index in [1.54, 1.807) is 34.8 Å². The number of hydrogen-bond donors (Lipinski definition) is 0. The van der Waals surface area contributed by atoms with E-state index in [1.165, 1.54) is 422 Å². The van der Waals surface area contributed by atoms with Crippen LogP contribution >= 0.6 is 34.0 Å². The van der Waals surface area contributed by atoms with Gasteiger partial charge in [-0.25, -0.2) is 0 Å². The maximum Gasteiger partial charge on any atom is 0.194 e. The lowest BCUT2D eigenvalue weighted by atomic mass is 9.61. The molecule has 9 heteroatoms. The van der Waals surface area contributed by atoms with Crippen LogP contribution in [0.4, 0.5) is 0 Å². The first-order valence-electron chi connectivity index (χ1n) is 59.4. The number of allylic oxidation sites excluding steroid dienone is 6. The van der Waals surface area contributed by atoms with Crippen molar-refractivity contribution in [3.63, 3.8) is 0 Å². The Kier molecular flexibility index (Phi) is 45.0. The fourth-order valence-electron chi connectivity index (χ4n) is 24.7. The van der Waals surface area contributed by atoms with Crippen molar-refractivity contribution in [2.75, 3.05) is 0 Å². The average molecular weight is 2040 g/mol. The van der Waals surface area contributed by atoms with Crippen molar-refractivity contribution in [3.8, 4) is 66.0 Å².